The summed E-state index contributed by atoms with van der Waals surface area (Å²) < 4.78 is 25.9. The number of aryl methyl sites for hydroxylation is 3. The van der Waals surface area contributed by atoms with Crippen LogP contribution < -0.4 is 4.31 Å². The van der Waals surface area contributed by atoms with Crippen molar-refractivity contribution in [3.05, 3.63) is 65.2 Å². The van der Waals surface area contributed by atoms with Gasteiger partial charge in [-0.2, -0.15) is 0 Å². The zero-order valence-corrected chi connectivity index (χ0v) is 19.0. The third-order valence-electron chi connectivity index (χ3n) is 5.99. The Balaban J connectivity index is 1.55. The Bertz CT molecular complexity index is 962. The van der Waals surface area contributed by atoms with Crippen LogP contribution in [-0.4, -0.2) is 45.1 Å². The van der Waals surface area contributed by atoms with Gasteiger partial charge in [-0.1, -0.05) is 48.0 Å². The molecule has 1 saturated heterocycles. The minimum Gasteiger partial charge on any atom is -0.341 e. The summed E-state index contributed by atoms with van der Waals surface area (Å²) in [4.78, 5) is 14.7. The van der Waals surface area contributed by atoms with Crippen LogP contribution in [0.4, 0.5) is 5.69 Å². The first-order chi connectivity index (χ1) is 14.2. The van der Waals surface area contributed by atoms with Gasteiger partial charge in [-0.25, -0.2) is 8.42 Å². The first-order valence-corrected chi connectivity index (χ1v) is 12.5. The second kappa shape index (κ2) is 9.65. The lowest BCUT2D eigenvalue weighted by Crippen LogP contribution is -2.46. The summed E-state index contributed by atoms with van der Waals surface area (Å²) in [7, 11) is -3.54. The molecule has 0 spiro atoms. The highest BCUT2D eigenvalue weighted by atomic mass is 32.2. The molecule has 0 N–H and O–H groups in total. The van der Waals surface area contributed by atoms with E-state index < -0.39 is 10.0 Å². The number of hydrogen-bond acceptors (Lipinski definition) is 3. The van der Waals surface area contributed by atoms with Crippen molar-refractivity contribution in [2.24, 2.45) is 5.92 Å². The number of hydrogen-bond donors (Lipinski definition) is 0. The largest absolute Gasteiger partial charge is 0.341 e. The molecule has 30 heavy (non-hydrogen) atoms. The Kier molecular flexibility index (Phi) is 7.19. The van der Waals surface area contributed by atoms with Crippen molar-refractivity contribution in [1.29, 1.82) is 0 Å². The monoisotopic (exact) mass is 428 g/mol. The molecule has 2 aromatic rings. The van der Waals surface area contributed by atoms with E-state index in [1.807, 2.05) is 24.0 Å². The van der Waals surface area contributed by atoms with Crippen LogP contribution >= 0.6 is 0 Å². The molecule has 1 fully saturated rings. The molecular weight excluding hydrogens is 396 g/mol. The molecule has 0 bridgehead atoms. The molecular formula is C24H32N2O3S. The fourth-order valence-corrected chi connectivity index (χ4v) is 4.95. The third-order valence-corrected chi connectivity index (χ3v) is 7.12. The lowest BCUT2D eigenvalue weighted by molar-refractivity contribution is -0.130. The van der Waals surface area contributed by atoms with Gasteiger partial charge in [0, 0.05) is 13.1 Å². The molecule has 3 rings (SSSR count). The summed E-state index contributed by atoms with van der Waals surface area (Å²) in [6.07, 6.45) is 5.30. The summed E-state index contributed by atoms with van der Waals surface area (Å²) in [5.74, 6) is 0.485. The summed E-state index contributed by atoms with van der Waals surface area (Å²) in [6.45, 7) is 5.21. The summed E-state index contributed by atoms with van der Waals surface area (Å²) >= 11 is 0. The second-order valence-electron chi connectivity index (χ2n) is 8.40. The zero-order chi connectivity index (χ0) is 21.7. The maximum absolute atomic E-state index is 12.9. The highest BCUT2D eigenvalue weighted by molar-refractivity contribution is 7.92. The summed E-state index contributed by atoms with van der Waals surface area (Å²) in [5, 5.41) is 0. The Labute approximate surface area is 180 Å². The molecule has 1 heterocycles. The van der Waals surface area contributed by atoms with Crippen molar-refractivity contribution in [1.82, 2.24) is 4.90 Å². The molecule has 0 aromatic heterocycles. The number of para-hydroxylation sites is 1. The van der Waals surface area contributed by atoms with Crippen LogP contribution in [0.3, 0.4) is 0 Å². The topological polar surface area (TPSA) is 57.7 Å². The van der Waals surface area contributed by atoms with E-state index in [1.165, 1.54) is 15.4 Å². The Morgan fingerprint density at radius 2 is 1.67 bits per heavy atom. The van der Waals surface area contributed by atoms with Gasteiger partial charge in [0.1, 0.15) is 6.54 Å². The van der Waals surface area contributed by atoms with Crippen molar-refractivity contribution >= 4 is 21.6 Å². The predicted molar refractivity (Wildman–Crippen MR) is 122 cm³/mol. The molecule has 0 aliphatic carbocycles. The smallest absolute Gasteiger partial charge is 0.243 e. The molecule has 0 atom stereocenters. The lowest BCUT2D eigenvalue weighted by Gasteiger charge is -2.34. The molecule has 0 radical (unpaired) electrons. The maximum Gasteiger partial charge on any atom is 0.243 e. The fourth-order valence-electron chi connectivity index (χ4n) is 4.04. The minimum atomic E-state index is -3.54. The van der Waals surface area contributed by atoms with Gasteiger partial charge in [-0.3, -0.25) is 9.10 Å². The van der Waals surface area contributed by atoms with Crippen LogP contribution in [0.5, 0.6) is 0 Å². The van der Waals surface area contributed by atoms with E-state index in [9.17, 15) is 13.2 Å². The highest BCUT2D eigenvalue weighted by Crippen LogP contribution is 2.25. The molecule has 1 amide bonds. The Hall–Kier alpha value is -2.34. The number of amides is 1. The molecule has 0 unspecified atom stereocenters. The molecule has 162 valence electrons. The van der Waals surface area contributed by atoms with E-state index in [2.05, 4.69) is 31.2 Å². The van der Waals surface area contributed by atoms with Crippen LogP contribution in [0.2, 0.25) is 0 Å². The predicted octanol–water partition coefficient (Wildman–Crippen LogP) is 3.94. The van der Waals surface area contributed by atoms with Crippen molar-refractivity contribution < 1.29 is 13.2 Å². The number of rotatable bonds is 7. The zero-order valence-electron chi connectivity index (χ0n) is 18.2. The first kappa shape index (κ1) is 22.3. The van der Waals surface area contributed by atoms with Gasteiger partial charge in [0.05, 0.1) is 11.9 Å². The number of carbonyl (C=O) groups excluding carboxylic acids is 1. The van der Waals surface area contributed by atoms with E-state index in [0.717, 1.165) is 37.5 Å². The van der Waals surface area contributed by atoms with Gasteiger partial charge in [0.15, 0.2) is 0 Å². The second-order valence-corrected chi connectivity index (χ2v) is 10.3. The molecule has 0 saturated carbocycles. The first-order valence-electron chi connectivity index (χ1n) is 10.6. The quantitative estimate of drug-likeness (QED) is 0.671. The normalized spacial score (nSPS) is 15.2. The number of piperidine rings is 1. The summed E-state index contributed by atoms with van der Waals surface area (Å²) in [6, 6.07) is 16.0. The van der Waals surface area contributed by atoms with Crippen LogP contribution in [0.1, 0.15) is 36.0 Å². The van der Waals surface area contributed by atoms with Gasteiger partial charge in [-0.05, 0) is 62.6 Å². The number of anilines is 1. The van der Waals surface area contributed by atoms with Crippen molar-refractivity contribution in [2.75, 3.05) is 30.2 Å². The van der Waals surface area contributed by atoms with Gasteiger partial charge in [-0.15, -0.1) is 0 Å². The highest BCUT2D eigenvalue weighted by Gasteiger charge is 2.27. The van der Waals surface area contributed by atoms with Crippen LogP contribution in [0.25, 0.3) is 0 Å². The summed E-state index contributed by atoms with van der Waals surface area (Å²) in [5.41, 5.74) is 4.05. The molecule has 1 aliphatic heterocycles. The number of likely N-dealkylation sites (tertiary alicyclic amines) is 1. The average Bonchev–Trinajstić information content (AvgIpc) is 2.72. The Morgan fingerprint density at radius 3 is 2.27 bits per heavy atom. The van der Waals surface area contributed by atoms with E-state index in [4.69, 9.17) is 0 Å². The molecule has 6 heteroatoms. The Morgan fingerprint density at radius 1 is 1.03 bits per heavy atom. The van der Waals surface area contributed by atoms with Gasteiger partial charge in [0.2, 0.25) is 15.9 Å². The van der Waals surface area contributed by atoms with Crippen LogP contribution in [0, 0.1) is 19.8 Å². The van der Waals surface area contributed by atoms with E-state index >= 15 is 0 Å². The minimum absolute atomic E-state index is 0.124. The molecule has 2 aromatic carbocycles. The molecule has 5 nitrogen and oxygen atoms in total. The third kappa shape index (κ3) is 5.85. The standard InChI is InChI=1S/C24H32N2O3S/c1-19-8-10-21(11-9-19)12-13-22-14-16-25(17-15-22)24(27)18-26(30(3,28)29)23-7-5-4-6-20(23)2/h4-11,22H,12-18H2,1-3H3. The fraction of sp³-hybridized carbons (Fsp3) is 0.458. The van der Waals surface area contributed by atoms with Crippen LogP contribution in [0.15, 0.2) is 48.5 Å². The van der Waals surface area contributed by atoms with E-state index in [0.29, 0.717) is 24.7 Å². The number of sulfonamides is 1. The molecule has 1 aliphatic rings. The number of nitrogens with zero attached hydrogens (tertiary/aromatic N) is 2. The maximum atomic E-state index is 12.9. The van der Waals surface area contributed by atoms with E-state index in [1.54, 1.807) is 12.1 Å². The lowest BCUT2D eigenvalue weighted by atomic mass is 9.90. The SMILES string of the molecule is Cc1ccc(CCC2CCN(C(=O)CN(c3ccccc3C)S(C)(=O)=O)CC2)cc1. The van der Waals surface area contributed by atoms with Crippen molar-refractivity contribution in [3.63, 3.8) is 0 Å². The number of benzene rings is 2. The van der Waals surface area contributed by atoms with Gasteiger partial charge in [0.25, 0.3) is 0 Å². The number of carbonyl (C=O) groups is 1. The van der Waals surface area contributed by atoms with Crippen molar-refractivity contribution in [2.45, 2.75) is 39.5 Å². The van der Waals surface area contributed by atoms with Crippen molar-refractivity contribution in [3.8, 4) is 0 Å². The van der Waals surface area contributed by atoms with Crippen LogP contribution in [-0.2, 0) is 21.2 Å². The van der Waals surface area contributed by atoms with Gasteiger partial charge >= 0.3 is 0 Å². The average molecular weight is 429 g/mol. The van der Waals surface area contributed by atoms with Gasteiger partial charge < -0.3 is 4.90 Å². The van der Waals surface area contributed by atoms with E-state index in [-0.39, 0.29) is 12.5 Å².